The predicted octanol–water partition coefficient (Wildman–Crippen LogP) is -0.643. The fraction of sp³-hybridized carbons (Fsp3) is 0.667. The molecule has 0 aliphatic carbocycles. The van der Waals surface area contributed by atoms with E-state index in [2.05, 4.69) is 10.5 Å². The van der Waals surface area contributed by atoms with Crippen molar-refractivity contribution in [3.63, 3.8) is 0 Å². The molecule has 2 nitrogen and oxygen atoms in total. The topological polar surface area (TPSA) is 43.9 Å². The second-order valence-corrected chi connectivity index (χ2v) is 2.12. The van der Waals surface area contributed by atoms with Crippen LogP contribution in [-0.2, 0) is 0 Å². The summed E-state index contributed by atoms with van der Waals surface area (Å²) in [5.41, 5.74) is 2.76. The Morgan fingerprint density at radius 2 is 2.00 bits per heavy atom. The molecular formula is C3H8Ca2F2NOS. The van der Waals surface area contributed by atoms with E-state index >= 15 is 0 Å². The first-order chi connectivity index (χ1) is 3.91. The molecule has 1 aliphatic rings. The van der Waals surface area contributed by atoms with Crippen LogP contribution in [0.1, 0.15) is 0 Å². The van der Waals surface area contributed by atoms with Crippen LogP contribution in [0.4, 0.5) is 2.73 Å². The quantitative estimate of drug-likeness (QED) is 0.505. The van der Waals surface area contributed by atoms with E-state index in [1.807, 2.05) is 0 Å². The van der Waals surface area contributed by atoms with Crippen LogP contribution in [0.3, 0.4) is 0 Å². The Hall–Kier alpha value is 2.36. The van der Waals surface area contributed by atoms with Gasteiger partial charge in [0.15, 0.2) is 0 Å². The molecule has 0 aromatic rings. The molecule has 0 amide bonds. The van der Waals surface area contributed by atoms with Gasteiger partial charge in [-0.3, -0.25) is 4.99 Å². The molecule has 7 heteroatoms. The molecule has 0 atom stereocenters. The maximum atomic E-state index is 9.81. The number of nitrogens with zero attached hydrogens (tertiary/aromatic N) is 1. The molecule has 55 valence electrons. The van der Waals surface area contributed by atoms with Gasteiger partial charge in [0.1, 0.15) is 5.55 Å². The Labute approximate surface area is 114 Å². The van der Waals surface area contributed by atoms with Crippen molar-refractivity contribution >= 4 is 90.4 Å². The number of rotatable bonds is 0. The van der Waals surface area contributed by atoms with Crippen molar-refractivity contribution in [1.82, 2.24) is 0 Å². The minimum absolute atomic E-state index is 0. The average molecular weight is 224 g/mol. The second kappa shape index (κ2) is 17.4. The van der Waals surface area contributed by atoms with Gasteiger partial charge in [0, 0.05) is 12.3 Å². The van der Waals surface area contributed by atoms with Gasteiger partial charge < -0.3 is 5.48 Å². The summed E-state index contributed by atoms with van der Waals surface area (Å²) < 4.78 is 19.6. The molecule has 0 saturated carbocycles. The van der Waals surface area contributed by atoms with Gasteiger partial charge in [0.25, 0.3) is 0 Å². The maximum absolute atomic E-state index is 9.81. The normalized spacial score (nSPS) is 11.4. The molecule has 0 aromatic carbocycles. The molecule has 2 N–H and O–H groups in total. The Bertz CT molecular complexity index is 71.5. The molecule has 0 bridgehead atoms. The van der Waals surface area contributed by atoms with Crippen molar-refractivity contribution < 1.29 is 8.21 Å². The van der Waals surface area contributed by atoms with E-state index in [-0.39, 0.29) is 43.2 Å². The van der Waals surface area contributed by atoms with Crippen LogP contribution in [0.2, 0.25) is 0 Å². The standard InChI is InChI=1S/C3H4NS.2Ca.2FH.H2O.2H/c1-2-5-3-4-1;;;;;;;/h1-2H2;;;2*1H;1H2;;/q;;+2;;;;;/p-2. The summed E-state index contributed by atoms with van der Waals surface area (Å²) in [6.45, 7) is 0.977. The fourth-order valence-electron chi connectivity index (χ4n) is 0.228. The zero-order chi connectivity index (χ0) is 6.24. The number of aliphatic imine (C=N–C) groups is 1. The van der Waals surface area contributed by atoms with Crippen molar-refractivity contribution in [1.29, 1.82) is 0 Å². The van der Waals surface area contributed by atoms with Gasteiger partial charge in [-0.05, 0) is 0 Å². The van der Waals surface area contributed by atoms with E-state index in [1.54, 1.807) is 11.8 Å². The molecular weight excluding hydrogens is 216 g/mol. The van der Waals surface area contributed by atoms with E-state index in [0.29, 0.717) is 0 Å². The van der Waals surface area contributed by atoms with E-state index in [9.17, 15) is 2.73 Å². The minimum atomic E-state index is -2.88. The Morgan fingerprint density at radius 1 is 1.50 bits per heavy atom. The Kier molecular flexibility index (Phi) is 31.8. The summed E-state index contributed by atoms with van der Waals surface area (Å²) in [6.07, 6.45) is 0. The SMILES string of the molecule is O.[C]1=NCCS1.[CaH2].[F][Ca][F]. The summed E-state index contributed by atoms with van der Waals surface area (Å²) >= 11 is -1.22. The summed E-state index contributed by atoms with van der Waals surface area (Å²) in [5, 5.41) is 0. The van der Waals surface area contributed by atoms with Gasteiger partial charge in [-0.15, -0.1) is 11.8 Å². The summed E-state index contributed by atoms with van der Waals surface area (Å²) in [7, 11) is 0. The van der Waals surface area contributed by atoms with Crippen LogP contribution in [0.15, 0.2) is 4.99 Å². The first kappa shape index (κ1) is 18.2. The molecule has 1 aliphatic heterocycles. The molecule has 0 unspecified atom stereocenters. The second-order valence-electron chi connectivity index (χ2n) is 0.922. The van der Waals surface area contributed by atoms with Crippen LogP contribution in [-0.4, -0.2) is 96.5 Å². The van der Waals surface area contributed by atoms with Crippen LogP contribution < -0.4 is 0 Å². The van der Waals surface area contributed by atoms with Crippen molar-refractivity contribution in [2.75, 3.05) is 12.3 Å². The molecule has 1 rings (SSSR count). The van der Waals surface area contributed by atoms with Crippen LogP contribution in [0, 0.1) is 0 Å². The number of thioether (sulfide) groups is 1. The zero-order valence-corrected chi connectivity index (χ0v) is 7.76. The zero-order valence-electron chi connectivity index (χ0n) is 4.73. The van der Waals surface area contributed by atoms with Crippen molar-refractivity contribution in [3.05, 3.63) is 0 Å². The Morgan fingerprint density at radius 3 is 2.10 bits per heavy atom. The predicted molar refractivity (Wildman–Crippen MR) is 44.9 cm³/mol. The summed E-state index contributed by atoms with van der Waals surface area (Å²) in [6, 6.07) is 0. The number of halogens is 2. The molecule has 1 heterocycles. The summed E-state index contributed by atoms with van der Waals surface area (Å²) in [5.74, 6) is 1.14. The van der Waals surface area contributed by atoms with Gasteiger partial charge in [0.2, 0.25) is 0 Å². The third-order valence-corrected chi connectivity index (χ3v) is 1.08. The fourth-order valence-corrected chi connectivity index (χ4v) is 0.685. The van der Waals surface area contributed by atoms with E-state index in [4.69, 9.17) is 0 Å². The average Bonchev–Trinajstić information content (AvgIpc) is 2.17. The van der Waals surface area contributed by atoms with Gasteiger partial charge in [-0.25, -0.2) is 0 Å². The van der Waals surface area contributed by atoms with Gasteiger partial charge in [-0.1, -0.05) is 0 Å². The van der Waals surface area contributed by atoms with Gasteiger partial charge >= 0.3 is 75.9 Å². The van der Waals surface area contributed by atoms with Gasteiger partial charge in [0.05, 0.1) is 0 Å². The summed E-state index contributed by atoms with van der Waals surface area (Å²) in [4.78, 5) is 3.80. The molecule has 0 fully saturated rings. The van der Waals surface area contributed by atoms with Crippen LogP contribution in [0.25, 0.3) is 0 Å². The van der Waals surface area contributed by atoms with Crippen molar-refractivity contribution in [2.24, 2.45) is 4.99 Å². The van der Waals surface area contributed by atoms with E-state index in [0.717, 1.165) is 12.3 Å². The molecule has 1 radical (unpaired) electrons. The third-order valence-electron chi connectivity index (χ3n) is 0.434. The third kappa shape index (κ3) is 16.8. The first-order valence-corrected chi connectivity index (χ1v) is 4.72. The van der Waals surface area contributed by atoms with Crippen molar-refractivity contribution in [3.8, 4) is 0 Å². The molecule has 0 aromatic heterocycles. The van der Waals surface area contributed by atoms with Crippen LogP contribution >= 0.6 is 11.8 Å². The number of hydrogen-bond acceptors (Lipinski definition) is 2. The molecule has 10 heavy (non-hydrogen) atoms. The Balaban J connectivity index is -0.0000000900. The molecule has 0 spiro atoms. The monoisotopic (exact) mass is 224 g/mol. The number of hydrogen-bond donors (Lipinski definition) is 0. The first-order valence-electron chi connectivity index (χ1n) is 2.07. The van der Waals surface area contributed by atoms with Gasteiger partial charge in [-0.2, -0.15) is 0 Å². The van der Waals surface area contributed by atoms with E-state index < -0.39 is 35.4 Å². The van der Waals surface area contributed by atoms with Crippen molar-refractivity contribution in [2.45, 2.75) is 0 Å². The molecule has 0 saturated heterocycles. The van der Waals surface area contributed by atoms with Crippen LogP contribution in [0.5, 0.6) is 0 Å². The van der Waals surface area contributed by atoms with E-state index in [1.165, 1.54) is 0 Å².